The standard InChI is InChI=1S/C12H18O6/c1-2-5-8(11(13)14)10(12(15)16)18-9-6-3-4-7-17-9/h2,8-10H,1,3-7H2,(H,13,14)(H,15,16)/t8-,9?,10+/m1/s1. The Bertz CT molecular complexity index is 308. The largest absolute Gasteiger partial charge is 0.481 e. The molecule has 102 valence electrons. The van der Waals surface area contributed by atoms with E-state index in [1.807, 2.05) is 0 Å². The average molecular weight is 258 g/mol. The molecule has 0 aromatic rings. The summed E-state index contributed by atoms with van der Waals surface area (Å²) in [5, 5.41) is 18.1. The van der Waals surface area contributed by atoms with Crippen molar-refractivity contribution < 1.29 is 29.3 Å². The van der Waals surface area contributed by atoms with Crippen LogP contribution in [0.4, 0.5) is 0 Å². The number of carboxylic acids is 2. The van der Waals surface area contributed by atoms with E-state index in [9.17, 15) is 9.59 Å². The van der Waals surface area contributed by atoms with Gasteiger partial charge in [-0.1, -0.05) is 6.08 Å². The Morgan fingerprint density at radius 3 is 2.56 bits per heavy atom. The summed E-state index contributed by atoms with van der Waals surface area (Å²) in [6.45, 7) is 3.94. The Morgan fingerprint density at radius 1 is 1.39 bits per heavy atom. The van der Waals surface area contributed by atoms with Crippen LogP contribution in [-0.4, -0.2) is 41.2 Å². The molecule has 0 spiro atoms. The van der Waals surface area contributed by atoms with Crippen molar-refractivity contribution in [3.05, 3.63) is 12.7 Å². The van der Waals surface area contributed by atoms with Gasteiger partial charge < -0.3 is 19.7 Å². The Labute approximate surface area is 105 Å². The number of carboxylic acid groups (broad SMARTS) is 2. The van der Waals surface area contributed by atoms with Crippen LogP contribution in [0.2, 0.25) is 0 Å². The van der Waals surface area contributed by atoms with Crippen molar-refractivity contribution in [2.24, 2.45) is 5.92 Å². The molecule has 0 aliphatic carbocycles. The Hall–Kier alpha value is -1.40. The Kier molecular flexibility index (Phi) is 5.80. The second kappa shape index (κ2) is 7.13. The van der Waals surface area contributed by atoms with Crippen LogP contribution < -0.4 is 0 Å². The molecule has 3 atom stereocenters. The third kappa shape index (κ3) is 4.12. The van der Waals surface area contributed by atoms with Crippen LogP contribution in [0.3, 0.4) is 0 Å². The van der Waals surface area contributed by atoms with Crippen LogP contribution in [0.15, 0.2) is 12.7 Å². The van der Waals surface area contributed by atoms with Crippen LogP contribution >= 0.6 is 0 Å². The van der Waals surface area contributed by atoms with E-state index in [4.69, 9.17) is 19.7 Å². The maximum atomic E-state index is 11.1. The molecular formula is C12H18O6. The summed E-state index contributed by atoms with van der Waals surface area (Å²) in [6, 6.07) is 0. The van der Waals surface area contributed by atoms with Gasteiger partial charge in [-0.15, -0.1) is 6.58 Å². The monoisotopic (exact) mass is 258 g/mol. The van der Waals surface area contributed by atoms with Crippen LogP contribution in [0.25, 0.3) is 0 Å². The van der Waals surface area contributed by atoms with Crippen molar-refractivity contribution in [2.75, 3.05) is 6.61 Å². The summed E-state index contributed by atoms with van der Waals surface area (Å²) in [4.78, 5) is 22.2. The summed E-state index contributed by atoms with van der Waals surface area (Å²) in [5.74, 6) is -3.65. The lowest BCUT2D eigenvalue weighted by atomic mass is 9.98. The normalized spacial score (nSPS) is 23.0. The van der Waals surface area contributed by atoms with Gasteiger partial charge in [0.15, 0.2) is 12.4 Å². The third-order valence-electron chi connectivity index (χ3n) is 2.78. The van der Waals surface area contributed by atoms with Crippen LogP contribution in [0.5, 0.6) is 0 Å². The molecule has 0 saturated carbocycles. The van der Waals surface area contributed by atoms with Gasteiger partial charge in [-0.25, -0.2) is 4.79 Å². The second-order valence-electron chi connectivity index (χ2n) is 4.16. The highest BCUT2D eigenvalue weighted by Gasteiger charge is 2.36. The molecule has 2 N–H and O–H groups in total. The number of ether oxygens (including phenoxy) is 2. The predicted octanol–water partition coefficient (Wildman–Crippen LogP) is 1.26. The predicted molar refractivity (Wildman–Crippen MR) is 62.0 cm³/mol. The molecule has 0 radical (unpaired) electrons. The molecule has 1 unspecified atom stereocenters. The van der Waals surface area contributed by atoms with Crippen molar-refractivity contribution in [3.8, 4) is 0 Å². The number of carbonyl (C=O) groups is 2. The molecule has 0 aromatic heterocycles. The number of hydrogen-bond donors (Lipinski definition) is 2. The topological polar surface area (TPSA) is 93.1 Å². The van der Waals surface area contributed by atoms with Gasteiger partial charge in [-0.05, 0) is 25.7 Å². The molecule has 0 aromatic carbocycles. The quantitative estimate of drug-likeness (QED) is 0.668. The molecule has 1 rings (SSSR count). The highest BCUT2D eigenvalue weighted by Crippen LogP contribution is 2.21. The first-order chi connectivity index (χ1) is 8.56. The fourth-order valence-electron chi connectivity index (χ4n) is 1.84. The van der Waals surface area contributed by atoms with Gasteiger partial charge in [0, 0.05) is 6.61 Å². The highest BCUT2D eigenvalue weighted by molar-refractivity contribution is 5.81. The molecule has 0 bridgehead atoms. The van der Waals surface area contributed by atoms with E-state index < -0.39 is 30.3 Å². The lowest BCUT2D eigenvalue weighted by molar-refractivity contribution is -0.211. The summed E-state index contributed by atoms with van der Waals surface area (Å²) in [5.41, 5.74) is 0. The van der Waals surface area contributed by atoms with E-state index in [1.54, 1.807) is 0 Å². The zero-order valence-corrected chi connectivity index (χ0v) is 10.1. The fourth-order valence-corrected chi connectivity index (χ4v) is 1.84. The van der Waals surface area contributed by atoms with Gasteiger partial charge >= 0.3 is 11.9 Å². The van der Waals surface area contributed by atoms with E-state index in [2.05, 4.69) is 6.58 Å². The molecule has 18 heavy (non-hydrogen) atoms. The summed E-state index contributed by atoms with van der Waals surface area (Å²) >= 11 is 0. The molecule has 1 saturated heterocycles. The van der Waals surface area contributed by atoms with E-state index in [-0.39, 0.29) is 6.42 Å². The molecule has 1 fully saturated rings. The first kappa shape index (κ1) is 14.7. The molecule has 6 nitrogen and oxygen atoms in total. The average Bonchev–Trinajstić information content (AvgIpc) is 2.34. The van der Waals surface area contributed by atoms with Crippen molar-refractivity contribution in [2.45, 2.75) is 38.1 Å². The van der Waals surface area contributed by atoms with Gasteiger partial charge in [0.1, 0.15) is 0 Å². The molecule has 0 amide bonds. The van der Waals surface area contributed by atoms with Crippen molar-refractivity contribution in [1.82, 2.24) is 0 Å². The second-order valence-corrected chi connectivity index (χ2v) is 4.16. The van der Waals surface area contributed by atoms with Gasteiger partial charge in [0.05, 0.1) is 5.92 Å². The Morgan fingerprint density at radius 2 is 2.11 bits per heavy atom. The van der Waals surface area contributed by atoms with E-state index in [0.29, 0.717) is 13.0 Å². The Balaban J connectivity index is 2.69. The number of hydrogen-bond acceptors (Lipinski definition) is 4. The SMILES string of the molecule is C=CC[C@@H](C(=O)O)[C@H](OC1CCCCO1)C(=O)O. The molecule has 1 aliphatic heterocycles. The summed E-state index contributed by atoms with van der Waals surface area (Å²) < 4.78 is 10.5. The third-order valence-corrected chi connectivity index (χ3v) is 2.78. The minimum absolute atomic E-state index is 0.0407. The molecular weight excluding hydrogens is 240 g/mol. The van der Waals surface area contributed by atoms with Crippen LogP contribution in [0.1, 0.15) is 25.7 Å². The highest BCUT2D eigenvalue weighted by atomic mass is 16.7. The minimum atomic E-state index is -1.41. The zero-order chi connectivity index (χ0) is 13.5. The molecule has 1 heterocycles. The summed E-state index contributed by atoms with van der Waals surface area (Å²) in [7, 11) is 0. The lowest BCUT2D eigenvalue weighted by Crippen LogP contribution is -2.41. The zero-order valence-electron chi connectivity index (χ0n) is 10.1. The van der Waals surface area contributed by atoms with Crippen molar-refractivity contribution in [1.29, 1.82) is 0 Å². The first-order valence-electron chi connectivity index (χ1n) is 5.89. The number of rotatable bonds is 7. The van der Waals surface area contributed by atoms with Crippen LogP contribution in [0, 0.1) is 5.92 Å². The van der Waals surface area contributed by atoms with E-state index in [1.165, 1.54) is 6.08 Å². The molecule has 6 heteroatoms. The van der Waals surface area contributed by atoms with Gasteiger partial charge in [-0.2, -0.15) is 0 Å². The van der Waals surface area contributed by atoms with Gasteiger partial charge in [0.25, 0.3) is 0 Å². The smallest absolute Gasteiger partial charge is 0.333 e. The summed E-state index contributed by atoms with van der Waals surface area (Å²) in [6.07, 6.45) is 1.75. The van der Waals surface area contributed by atoms with Gasteiger partial charge in [0.2, 0.25) is 0 Å². The van der Waals surface area contributed by atoms with Gasteiger partial charge in [-0.3, -0.25) is 4.79 Å². The first-order valence-corrected chi connectivity index (χ1v) is 5.89. The maximum Gasteiger partial charge on any atom is 0.333 e. The maximum absolute atomic E-state index is 11.1. The van der Waals surface area contributed by atoms with E-state index >= 15 is 0 Å². The minimum Gasteiger partial charge on any atom is -0.481 e. The van der Waals surface area contributed by atoms with Crippen LogP contribution in [-0.2, 0) is 19.1 Å². The number of aliphatic carboxylic acids is 2. The number of allylic oxidation sites excluding steroid dienone is 1. The van der Waals surface area contributed by atoms with Crippen molar-refractivity contribution >= 4 is 11.9 Å². The molecule has 1 aliphatic rings. The van der Waals surface area contributed by atoms with Crippen molar-refractivity contribution in [3.63, 3.8) is 0 Å². The van der Waals surface area contributed by atoms with E-state index in [0.717, 1.165) is 12.8 Å². The fraction of sp³-hybridized carbons (Fsp3) is 0.667. The lowest BCUT2D eigenvalue weighted by Gasteiger charge is -2.28.